The first-order chi connectivity index (χ1) is 10.3. The molecule has 1 heterocycles. The van der Waals surface area contributed by atoms with Gasteiger partial charge in [0.2, 0.25) is 0 Å². The summed E-state index contributed by atoms with van der Waals surface area (Å²) in [7, 11) is 0. The van der Waals surface area contributed by atoms with E-state index in [0.29, 0.717) is 17.9 Å². The Bertz CT molecular complexity index is 545. The smallest absolute Gasteiger partial charge is 0.305 e. The topological polar surface area (TPSA) is 66.8 Å². The van der Waals surface area contributed by atoms with E-state index >= 15 is 0 Å². The molecule has 1 fully saturated rings. The molecule has 1 saturated heterocycles. The first kappa shape index (κ1) is 16.3. The van der Waals surface area contributed by atoms with Gasteiger partial charge in [-0.25, -0.2) is 0 Å². The lowest BCUT2D eigenvalue weighted by Gasteiger charge is -2.24. The summed E-state index contributed by atoms with van der Waals surface area (Å²) in [6.45, 7) is 6.52. The van der Waals surface area contributed by atoms with Gasteiger partial charge < -0.3 is 14.7 Å². The third-order valence-corrected chi connectivity index (χ3v) is 3.57. The molecule has 0 aromatic heterocycles. The Morgan fingerprint density at radius 2 is 1.91 bits per heavy atom. The van der Waals surface area contributed by atoms with Gasteiger partial charge in [0.25, 0.3) is 5.91 Å². The number of likely N-dealkylation sites (tertiary alicyclic amines) is 1. The summed E-state index contributed by atoms with van der Waals surface area (Å²) in [5, 5.41) is 8.93. The molecule has 120 valence electrons. The van der Waals surface area contributed by atoms with E-state index in [1.807, 2.05) is 20.8 Å². The van der Waals surface area contributed by atoms with Crippen LogP contribution in [-0.4, -0.2) is 40.1 Å². The molecule has 0 radical (unpaired) electrons. The second kappa shape index (κ2) is 6.38. The van der Waals surface area contributed by atoms with Crippen LogP contribution in [0.5, 0.6) is 5.75 Å². The van der Waals surface area contributed by atoms with Crippen molar-refractivity contribution >= 4 is 11.9 Å². The molecule has 1 aromatic carbocycles. The lowest BCUT2D eigenvalue weighted by atomic mass is 10.1. The first-order valence-electron chi connectivity index (χ1n) is 7.58. The van der Waals surface area contributed by atoms with Crippen LogP contribution in [0.4, 0.5) is 0 Å². The molecule has 0 spiro atoms. The van der Waals surface area contributed by atoms with Crippen LogP contribution in [0.1, 0.15) is 50.4 Å². The number of carboxylic acids is 1. The van der Waals surface area contributed by atoms with E-state index < -0.39 is 5.97 Å². The van der Waals surface area contributed by atoms with E-state index in [-0.39, 0.29) is 24.0 Å². The van der Waals surface area contributed by atoms with Gasteiger partial charge in [0, 0.05) is 18.2 Å². The minimum atomic E-state index is -0.862. The van der Waals surface area contributed by atoms with Gasteiger partial charge in [0.05, 0.1) is 6.42 Å². The van der Waals surface area contributed by atoms with Crippen molar-refractivity contribution in [1.29, 1.82) is 0 Å². The van der Waals surface area contributed by atoms with Gasteiger partial charge in [0.15, 0.2) is 0 Å². The highest BCUT2D eigenvalue weighted by atomic mass is 16.5. The van der Waals surface area contributed by atoms with Crippen LogP contribution in [0.2, 0.25) is 0 Å². The highest BCUT2D eigenvalue weighted by molar-refractivity contribution is 5.95. The van der Waals surface area contributed by atoms with Crippen molar-refractivity contribution in [3.8, 4) is 5.75 Å². The fourth-order valence-electron chi connectivity index (χ4n) is 2.70. The number of carbonyl (C=O) groups excluding carboxylic acids is 1. The molecule has 0 aliphatic carbocycles. The van der Waals surface area contributed by atoms with Crippen molar-refractivity contribution in [2.75, 3.05) is 6.54 Å². The molecule has 1 aromatic rings. The zero-order chi connectivity index (χ0) is 16.3. The Kier molecular flexibility index (Phi) is 4.74. The number of carboxylic acid groups (broad SMARTS) is 1. The molecule has 1 aliphatic heterocycles. The van der Waals surface area contributed by atoms with Crippen molar-refractivity contribution < 1.29 is 19.4 Å². The molecule has 2 rings (SSSR count). The van der Waals surface area contributed by atoms with Gasteiger partial charge in [-0.05, 0) is 57.9 Å². The third kappa shape index (κ3) is 4.23. The summed E-state index contributed by atoms with van der Waals surface area (Å²) in [4.78, 5) is 25.1. The monoisotopic (exact) mass is 305 g/mol. The molecule has 5 nitrogen and oxygen atoms in total. The minimum Gasteiger partial charge on any atom is -0.488 e. The number of benzene rings is 1. The normalized spacial score (nSPS) is 18.3. The van der Waals surface area contributed by atoms with E-state index in [1.54, 1.807) is 29.2 Å². The van der Waals surface area contributed by atoms with Crippen molar-refractivity contribution in [2.45, 2.75) is 51.7 Å². The van der Waals surface area contributed by atoms with Crippen molar-refractivity contribution in [2.24, 2.45) is 0 Å². The van der Waals surface area contributed by atoms with Crippen LogP contribution in [0.3, 0.4) is 0 Å². The minimum absolute atomic E-state index is 0.0109. The van der Waals surface area contributed by atoms with Gasteiger partial charge in [-0.2, -0.15) is 0 Å². The predicted octanol–water partition coefficient (Wildman–Crippen LogP) is 2.94. The molecule has 1 atom stereocenters. The Labute approximate surface area is 130 Å². The van der Waals surface area contributed by atoms with Crippen molar-refractivity contribution in [3.63, 3.8) is 0 Å². The Hall–Kier alpha value is -2.04. The van der Waals surface area contributed by atoms with Crippen LogP contribution >= 0.6 is 0 Å². The second-order valence-electron chi connectivity index (χ2n) is 6.63. The molecule has 0 bridgehead atoms. The summed E-state index contributed by atoms with van der Waals surface area (Å²) >= 11 is 0. The maximum atomic E-state index is 12.5. The average Bonchev–Trinajstić information content (AvgIpc) is 2.84. The summed E-state index contributed by atoms with van der Waals surface area (Å²) in [5.41, 5.74) is 0.283. The van der Waals surface area contributed by atoms with E-state index in [0.717, 1.165) is 12.8 Å². The molecular formula is C17H23NO4. The lowest BCUT2D eigenvalue weighted by molar-refractivity contribution is -0.137. The summed E-state index contributed by atoms with van der Waals surface area (Å²) in [6.07, 6.45) is 1.62. The van der Waals surface area contributed by atoms with E-state index in [2.05, 4.69) is 0 Å². The van der Waals surface area contributed by atoms with Crippen LogP contribution in [0, 0.1) is 0 Å². The molecule has 1 unspecified atom stereocenters. The molecular weight excluding hydrogens is 282 g/mol. The molecule has 5 heteroatoms. The number of ether oxygens (including phenoxy) is 1. The number of hydrogen-bond acceptors (Lipinski definition) is 3. The van der Waals surface area contributed by atoms with Crippen LogP contribution in [0.25, 0.3) is 0 Å². The van der Waals surface area contributed by atoms with Gasteiger partial charge in [-0.3, -0.25) is 9.59 Å². The Morgan fingerprint density at radius 1 is 1.27 bits per heavy atom. The van der Waals surface area contributed by atoms with Crippen molar-refractivity contribution in [1.82, 2.24) is 4.90 Å². The van der Waals surface area contributed by atoms with Gasteiger partial charge in [0.1, 0.15) is 11.4 Å². The average molecular weight is 305 g/mol. The molecule has 1 aliphatic rings. The van der Waals surface area contributed by atoms with Gasteiger partial charge in [-0.15, -0.1) is 0 Å². The van der Waals surface area contributed by atoms with Crippen LogP contribution in [0.15, 0.2) is 24.3 Å². The first-order valence-corrected chi connectivity index (χ1v) is 7.58. The highest BCUT2D eigenvalue weighted by Crippen LogP contribution is 2.24. The van der Waals surface area contributed by atoms with E-state index in [9.17, 15) is 9.59 Å². The summed E-state index contributed by atoms with van der Waals surface area (Å²) in [5.74, 6) is -0.253. The van der Waals surface area contributed by atoms with Gasteiger partial charge in [-0.1, -0.05) is 0 Å². The zero-order valence-corrected chi connectivity index (χ0v) is 13.3. The fourth-order valence-corrected chi connectivity index (χ4v) is 2.70. The predicted molar refractivity (Wildman–Crippen MR) is 83.1 cm³/mol. The third-order valence-electron chi connectivity index (χ3n) is 3.57. The quantitative estimate of drug-likeness (QED) is 0.928. The number of amides is 1. The Morgan fingerprint density at radius 3 is 2.45 bits per heavy atom. The largest absolute Gasteiger partial charge is 0.488 e. The number of rotatable bonds is 4. The second-order valence-corrected chi connectivity index (χ2v) is 6.63. The summed E-state index contributed by atoms with van der Waals surface area (Å²) < 4.78 is 5.73. The number of carbonyl (C=O) groups is 2. The summed E-state index contributed by atoms with van der Waals surface area (Å²) in [6, 6.07) is 6.83. The number of hydrogen-bond donors (Lipinski definition) is 1. The van der Waals surface area contributed by atoms with Crippen LogP contribution < -0.4 is 4.74 Å². The zero-order valence-electron chi connectivity index (χ0n) is 13.3. The molecule has 0 saturated carbocycles. The maximum Gasteiger partial charge on any atom is 0.305 e. The van der Waals surface area contributed by atoms with Crippen molar-refractivity contribution in [3.05, 3.63) is 29.8 Å². The molecule has 1 amide bonds. The Balaban J connectivity index is 2.07. The number of nitrogens with zero attached hydrogens (tertiary/aromatic N) is 1. The van der Waals surface area contributed by atoms with E-state index in [1.165, 1.54) is 0 Å². The van der Waals surface area contributed by atoms with E-state index in [4.69, 9.17) is 9.84 Å². The highest BCUT2D eigenvalue weighted by Gasteiger charge is 2.30. The molecule has 1 N–H and O–H groups in total. The SMILES string of the molecule is CC(C)(C)Oc1ccc(C(=O)N2CCCC2CC(=O)O)cc1. The lowest BCUT2D eigenvalue weighted by Crippen LogP contribution is -2.36. The molecule has 22 heavy (non-hydrogen) atoms. The fraction of sp³-hybridized carbons (Fsp3) is 0.529. The van der Waals surface area contributed by atoms with Crippen LogP contribution in [-0.2, 0) is 4.79 Å². The number of aliphatic carboxylic acids is 1. The van der Waals surface area contributed by atoms with Gasteiger partial charge >= 0.3 is 5.97 Å². The standard InChI is InChI=1S/C17H23NO4/c1-17(2,3)22-14-8-6-12(7-9-14)16(21)18-10-4-5-13(18)11-15(19)20/h6-9,13H,4-5,10-11H2,1-3H3,(H,19,20). The maximum absolute atomic E-state index is 12.5.